The van der Waals surface area contributed by atoms with E-state index in [4.69, 9.17) is 0 Å². The van der Waals surface area contributed by atoms with Gasteiger partial charge in [0.25, 0.3) is 5.91 Å². The number of carbonyl (C=O) groups excluding carboxylic acids is 2. The molecule has 2 aliphatic rings. The SMILES string of the molecule is Cc1nn(-c2ccc(C(F)(F)F)nn2)c(C)c1C(=O)N1CC2CN(CC[C@H](NC(=O)C(C)C)c3cccc(F)c3)CC2C1. The van der Waals surface area contributed by atoms with Crippen molar-refractivity contribution >= 4 is 11.8 Å². The largest absolute Gasteiger partial charge is 0.435 e. The summed E-state index contributed by atoms with van der Waals surface area (Å²) in [7, 11) is 0. The molecule has 2 saturated heterocycles. The van der Waals surface area contributed by atoms with Crippen molar-refractivity contribution in [2.45, 2.75) is 46.3 Å². The lowest BCUT2D eigenvalue weighted by Gasteiger charge is -2.25. The third-order valence-electron chi connectivity index (χ3n) is 8.34. The van der Waals surface area contributed by atoms with Crippen LogP contribution < -0.4 is 5.32 Å². The summed E-state index contributed by atoms with van der Waals surface area (Å²) in [5.74, 6) is -0.0945. The molecule has 0 aliphatic carbocycles. The van der Waals surface area contributed by atoms with Crippen molar-refractivity contribution in [3.8, 4) is 5.82 Å². The highest BCUT2D eigenvalue weighted by atomic mass is 19.4. The zero-order valence-corrected chi connectivity index (χ0v) is 24.5. The smallest absolute Gasteiger partial charge is 0.349 e. The van der Waals surface area contributed by atoms with Crippen LogP contribution in [-0.4, -0.2) is 74.3 Å². The molecule has 3 atom stereocenters. The van der Waals surface area contributed by atoms with Gasteiger partial charge < -0.3 is 15.1 Å². The standard InChI is InChI=1S/C30H35F4N7O2/c1-17(2)28(42)35-24(20-6-5-7-23(31)12-20)10-11-39-13-21-15-40(16-22(21)14-39)29(43)27-18(3)38-41(19(27)4)26-9-8-25(36-37-26)30(32,33)34/h5-9,12,17,21-22,24H,10-11,13-16H2,1-4H3,(H,35,42)/t21?,22?,24-/m0/s1. The second-order valence-electron chi connectivity index (χ2n) is 11.8. The number of nitrogens with zero attached hydrogens (tertiary/aromatic N) is 6. The first-order valence-electron chi connectivity index (χ1n) is 14.4. The van der Waals surface area contributed by atoms with E-state index in [1.54, 1.807) is 19.9 Å². The molecule has 4 heterocycles. The first-order chi connectivity index (χ1) is 20.3. The Kier molecular flexibility index (Phi) is 8.55. The van der Waals surface area contributed by atoms with Crippen LogP contribution in [0.3, 0.4) is 0 Å². The van der Waals surface area contributed by atoms with Crippen molar-refractivity contribution in [1.82, 2.24) is 35.1 Å². The Hall–Kier alpha value is -3.87. The molecule has 1 N–H and O–H groups in total. The lowest BCUT2D eigenvalue weighted by molar-refractivity contribution is -0.141. The van der Waals surface area contributed by atoms with E-state index in [2.05, 4.69) is 25.5 Å². The third kappa shape index (κ3) is 6.56. The van der Waals surface area contributed by atoms with Crippen LogP contribution in [0.15, 0.2) is 36.4 Å². The van der Waals surface area contributed by atoms with Gasteiger partial charge in [-0.2, -0.15) is 18.3 Å². The first kappa shape index (κ1) is 30.6. The van der Waals surface area contributed by atoms with Gasteiger partial charge in [-0.25, -0.2) is 9.07 Å². The van der Waals surface area contributed by atoms with Crippen molar-refractivity contribution < 1.29 is 27.2 Å². The van der Waals surface area contributed by atoms with Crippen LogP contribution in [0.25, 0.3) is 5.82 Å². The molecule has 0 bridgehead atoms. The van der Waals surface area contributed by atoms with Crippen LogP contribution in [0.1, 0.15) is 59.3 Å². The molecule has 13 heteroatoms. The van der Waals surface area contributed by atoms with Crippen molar-refractivity contribution in [3.05, 3.63) is 70.4 Å². The molecular weight excluding hydrogens is 566 g/mol. The quantitative estimate of drug-likeness (QED) is 0.386. The van der Waals surface area contributed by atoms with E-state index in [0.29, 0.717) is 48.3 Å². The summed E-state index contributed by atoms with van der Waals surface area (Å²) < 4.78 is 54.0. The number of hydrogen-bond acceptors (Lipinski definition) is 6. The van der Waals surface area contributed by atoms with Gasteiger partial charge in [-0.15, -0.1) is 10.2 Å². The van der Waals surface area contributed by atoms with Crippen molar-refractivity contribution in [3.63, 3.8) is 0 Å². The molecule has 2 amide bonds. The number of aryl methyl sites for hydroxylation is 1. The second kappa shape index (κ2) is 12.0. The average molecular weight is 602 g/mol. The van der Waals surface area contributed by atoms with Gasteiger partial charge in [0.15, 0.2) is 11.5 Å². The fraction of sp³-hybridized carbons (Fsp3) is 0.500. The van der Waals surface area contributed by atoms with Crippen LogP contribution in [-0.2, 0) is 11.0 Å². The fourth-order valence-corrected chi connectivity index (χ4v) is 6.06. The number of hydrogen-bond donors (Lipinski definition) is 1. The minimum Gasteiger partial charge on any atom is -0.349 e. The predicted octanol–water partition coefficient (Wildman–Crippen LogP) is 4.34. The lowest BCUT2D eigenvalue weighted by atomic mass is 10.0. The Morgan fingerprint density at radius 2 is 1.72 bits per heavy atom. The number of amides is 2. The minimum absolute atomic E-state index is 0.0824. The average Bonchev–Trinajstić information content (AvgIpc) is 3.61. The summed E-state index contributed by atoms with van der Waals surface area (Å²) >= 11 is 0. The molecule has 0 saturated carbocycles. The van der Waals surface area contributed by atoms with Gasteiger partial charge in [0.2, 0.25) is 5.91 Å². The maximum Gasteiger partial charge on any atom is 0.435 e. The van der Waals surface area contributed by atoms with Gasteiger partial charge >= 0.3 is 6.18 Å². The van der Waals surface area contributed by atoms with Crippen LogP contribution in [0.4, 0.5) is 17.6 Å². The summed E-state index contributed by atoms with van der Waals surface area (Å²) in [6, 6.07) is 8.04. The van der Waals surface area contributed by atoms with E-state index in [9.17, 15) is 27.2 Å². The van der Waals surface area contributed by atoms with Gasteiger partial charge in [-0.1, -0.05) is 26.0 Å². The van der Waals surface area contributed by atoms with Crippen LogP contribution in [0.2, 0.25) is 0 Å². The number of fused-ring (bicyclic) bond motifs is 1. The van der Waals surface area contributed by atoms with Crippen LogP contribution >= 0.6 is 0 Å². The number of halogens is 4. The molecule has 9 nitrogen and oxygen atoms in total. The summed E-state index contributed by atoms with van der Waals surface area (Å²) in [4.78, 5) is 30.2. The van der Waals surface area contributed by atoms with Gasteiger partial charge in [0.1, 0.15) is 5.82 Å². The molecule has 230 valence electrons. The lowest BCUT2D eigenvalue weighted by Crippen LogP contribution is -2.36. The molecule has 2 aromatic heterocycles. The topological polar surface area (TPSA) is 96.2 Å². The fourth-order valence-electron chi connectivity index (χ4n) is 6.06. The monoisotopic (exact) mass is 601 g/mol. The van der Waals surface area contributed by atoms with Crippen molar-refractivity contribution in [2.24, 2.45) is 17.8 Å². The number of carbonyl (C=O) groups is 2. The number of rotatable bonds is 8. The van der Waals surface area contributed by atoms with Gasteiger partial charge in [-0.3, -0.25) is 9.59 Å². The zero-order valence-electron chi connectivity index (χ0n) is 24.5. The number of nitrogens with one attached hydrogen (secondary N) is 1. The molecular formula is C30H35F4N7O2. The summed E-state index contributed by atoms with van der Waals surface area (Å²) in [5.41, 5.74) is 1.00. The number of benzene rings is 1. The van der Waals surface area contributed by atoms with E-state index < -0.39 is 11.9 Å². The van der Waals surface area contributed by atoms with Gasteiger partial charge in [0.05, 0.1) is 23.0 Å². The van der Waals surface area contributed by atoms with E-state index in [1.807, 2.05) is 24.8 Å². The molecule has 2 fully saturated rings. The molecule has 2 aliphatic heterocycles. The molecule has 5 rings (SSSR count). The Bertz CT molecular complexity index is 1470. The number of alkyl halides is 3. The Morgan fingerprint density at radius 1 is 1.02 bits per heavy atom. The third-order valence-corrected chi connectivity index (χ3v) is 8.34. The van der Waals surface area contributed by atoms with Gasteiger partial charge in [-0.05, 0) is 61.9 Å². The summed E-state index contributed by atoms with van der Waals surface area (Å²) in [6.07, 6.45) is -3.97. The molecule has 0 spiro atoms. The predicted molar refractivity (Wildman–Crippen MR) is 150 cm³/mol. The minimum atomic E-state index is -4.60. The Labute approximate surface area is 247 Å². The second-order valence-corrected chi connectivity index (χ2v) is 11.8. The highest BCUT2D eigenvalue weighted by Gasteiger charge is 2.42. The highest BCUT2D eigenvalue weighted by Crippen LogP contribution is 2.34. The van der Waals surface area contributed by atoms with Crippen LogP contribution in [0.5, 0.6) is 0 Å². The number of aromatic nitrogens is 4. The molecule has 1 aromatic carbocycles. The maximum absolute atomic E-state index is 13.9. The van der Waals surface area contributed by atoms with Crippen LogP contribution in [0, 0.1) is 37.4 Å². The highest BCUT2D eigenvalue weighted by molar-refractivity contribution is 5.96. The zero-order chi connectivity index (χ0) is 31.1. The van der Waals surface area contributed by atoms with Gasteiger partial charge in [0, 0.05) is 38.6 Å². The molecule has 2 unspecified atom stereocenters. The molecule has 3 aromatic rings. The first-order valence-corrected chi connectivity index (χ1v) is 14.4. The summed E-state index contributed by atoms with van der Waals surface area (Å²) in [6.45, 7) is 10.5. The van der Waals surface area contributed by atoms with E-state index in [0.717, 1.165) is 31.3 Å². The molecule has 0 radical (unpaired) electrons. The Balaban J connectivity index is 1.21. The van der Waals surface area contributed by atoms with E-state index in [1.165, 1.54) is 22.9 Å². The van der Waals surface area contributed by atoms with Crippen molar-refractivity contribution in [1.29, 1.82) is 0 Å². The maximum atomic E-state index is 13.9. The normalized spacial score (nSPS) is 19.6. The van der Waals surface area contributed by atoms with E-state index in [-0.39, 0.29) is 35.4 Å². The molecule has 43 heavy (non-hydrogen) atoms. The van der Waals surface area contributed by atoms with E-state index >= 15 is 0 Å². The van der Waals surface area contributed by atoms with Crippen molar-refractivity contribution in [2.75, 3.05) is 32.7 Å². The Morgan fingerprint density at radius 3 is 2.30 bits per heavy atom. The number of likely N-dealkylation sites (tertiary alicyclic amines) is 2. The summed E-state index contributed by atoms with van der Waals surface area (Å²) in [5, 5.41) is 14.4.